The lowest BCUT2D eigenvalue weighted by Crippen LogP contribution is -2.07. The molecule has 0 fully saturated rings. The van der Waals surface area contributed by atoms with Gasteiger partial charge in [0.2, 0.25) is 0 Å². The molecule has 18 heavy (non-hydrogen) atoms. The Morgan fingerprint density at radius 2 is 1.94 bits per heavy atom. The standard InChI is InChI=1S/C16H27NS/c1-5-6-12-18(3,4)13-10-16-14-17-11-8-7-9-15(16)2/h7-9,11,14H,5-6,10,12-13H2,1-4H3/b8-7-,9-7?,11-8?,15-9+,16-14+,16-15?,17-11-,17-14?. The molecule has 0 aromatic carbocycles. The first-order valence-electron chi connectivity index (χ1n) is 6.80. The summed E-state index contributed by atoms with van der Waals surface area (Å²) in [7, 11) is -0.425. The lowest BCUT2D eigenvalue weighted by molar-refractivity contribution is 0.890. The Morgan fingerprint density at radius 1 is 1.17 bits per heavy atom. The predicted octanol–water partition coefficient (Wildman–Crippen LogP) is 4.71. The minimum absolute atomic E-state index is 0.425. The van der Waals surface area contributed by atoms with Crippen molar-refractivity contribution in [3.8, 4) is 0 Å². The first-order chi connectivity index (χ1) is 8.55. The summed E-state index contributed by atoms with van der Waals surface area (Å²) in [5.74, 6) is 2.73. The number of allylic oxidation sites excluding steroid dienone is 5. The van der Waals surface area contributed by atoms with E-state index in [-0.39, 0.29) is 0 Å². The molecule has 1 aliphatic rings. The molecule has 1 aliphatic heterocycles. The quantitative estimate of drug-likeness (QED) is 0.659. The van der Waals surface area contributed by atoms with Gasteiger partial charge in [0.1, 0.15) is 0 Å². The van der Waals surface area contributed by atoms with Crippen LogP contribution >= 0.6 is 10.0 Å². The number of unbranched alkanes of at least 4 members (excludes halogenated alkanes) is 1. The zero-order valence-corrected chi connectivity index (χ0v) is 13.1. The summed E-state index contributed by atoms with van der Waals surface area (Å²) in [5, 5.41) is 0. The third-order valence-electron chi connectivity index (χ3n) is 3.34. The van der Waals surface area contributed by atoms with Gasteiger partial charge < -0.3 is 0 Å². The fourth-order valence-electron chi connectivity index (χ4n) is 1.93. The Balaban J connectivity index is 2.56. The summed E-state index contributed by atoms with van der Waals surface area (Å²) in [6.45, 7) is 4.46. The van der Waals surface area contributed by atoms with Crippen LogP contribution in [0.15, 0.2) is 40.6 Å². The molecule has 0 unspecified atom stereocenters. The third kappa shape index (κ3) is 5.72. The molecule has 102 valence electrons. The molecule has 0 radical (unpaired) electrons. The van der Waals surface area contributed by atoms with Crippen LogP contribution in [0, 0.1) is 0 Å². The summed E-state index contributed by atoms with van der Waals surface area (Å²) in [6.07, 6.45) is 18.9. The van der Waals surface area contributed by atoms with Gasteiger partial charge in [-0.15, -0.1) is 0 Å². The fourth-order valence-corrected chi connectivity index (χ4v) is 3.97. The van der Waals surface area contributed by atoms with Crippen LogP contribution in [0.5, 0.6) is 0 Å². The molecule has 0 spiro atoms. The van der Waals surface area contributed by atoms with Crippen LogP contribution < -0.4 is 0 Å². The van der Waals surface area contributed by atoms with E-state index in [0.29, 0.717) is 0 Å². The van der Waals surface area contributed by atoms with Gasteiger partial charge in [-0.1, -0.05) is 25.5 Å². The molecule has 1 heterocycles. The minimum atomic E-state index is -0.425. The number of hydrogen-bond acceptors (Lipinski definition) is 1. The number of hydrogen-bond donors (Lipinski definition) is 0. The van der Waals surface area contributed by atoms with Crippen molar-refractivity contribution in [3.63, 3.8) is 0 Å². The van der Waals surface area contributed by atoms with Crippen LogP contribution in [0.1, 0.15) is 33.1 Å². The number of aliphatic imine (C=N–C) groups is 1. The second-order valence-corrected chi connectivity index (χ2v) is 9.82. The highest BCUT2D eigenvalue weighted by Gasteiger charge is 2.12. The van der Waals surface area contributed by atoms with Crippen molar-refractivity contribution in [2.75, 3.05) is 24.0 Å². The zero-order chi connectivity index (χ0) is 13.4. The average molecular weight is 265 g/mol. The first-order valence-corrected chi connectivity index (χ1v) is 9.59. The molecule has 0 aromatic rings. The van der Waals surface area contributed by atoms with Crippen LogP contribution in [-0.4, -0.2) is 30.2 Å². The highest BCUT2D eigenvalue weighted by atomic mass is 32.3. The highest BCUT2D eigenvalue weighted by molar-refractivity contribution is 8.32. The molecule has 0 N–H and O–H groups in total. The van der Waals surface area contributed by atoms with Crippen molar-refractivity contribution >= 4 is 16.2 Å². The van der Waals surface area contributed by atoms with Crippen molar-refractivity contribution in [2.24, 2.45) is 4.99 Å². The van der Waals surface area contributed by atoms with Crippen LogP contribution in [0.2, 0.25) is 0 Å². The summed E-state index contributed by atoms with van der Waals surface area (Å²) in [5.41, 5.74) is 2.75. The monoisotopic (exact) mass is 265 g/mol. The number of rotatable bonds is 6. The molecule has 0 aliphatic carbocycles. The van der Waals surface area contributed by atoms with Gasteiger partial charge in [-0.2, -0.15) is 0 Å². The van der Waals surface area contributed by atoms with Crippen molar-refractivity contribution in [1.29, 1.82) is 0 Å². The topological polar surface area (TPSA) is 12.4 Å². The molecule has 1 nitrogen and oxygen atoms in total. The van der Waals surface area contributed by atoms with Crippen LogP contribution in [-0.2, 0) is 0 Å². The highest BCUT2D eigenvalue weighted by Crippen LogP contribution is 2.42. The van der Waals surface area contributed by atoms with Crippen molar-refractivity contribution < 1.29 is 0 Å². The van der Waals surface area contributed by atoms with Crippen molar-refractivity contribution in [2.45, 2.75) is 33.1 Å². The van der Waals surface area contributed by atoms with E-state index in [2.05, 4.69) is 43.5 Å². The molecule has 0 atom stereocenters. The van der Waals surface area contributed by atoms with Crippen LogP contribution in [0.4, 0.5) is 0 Å². The second kappa shape index (κ2) is 7.63. The molecule has 2 heteroatoms. The van der Waals surface area contributed by atoms with E-state index in [1.165, 1.54) is 41.9 Å². The Hall–Kier alpha value is -0.760. The van der Waals surface area contributed by atoms with E-state index >= 15 is 0 Å². The van der Waals surface area contributed by atoms with Crippen LogP contribution in [0.3, 0.4) is 0 Å². The van der Waals surface area contributed by atoms with E-state index in [0.717, 1.165) is 0 Å². The minimum Gasteiger partial charge on any atom is -0.264 e. The first kappa shape index (κ1) is 15.3. The van der Waals surface area contributed by atoms with Gasteiger partial charge in [-0.3, -0.25) is 4.99 Å². The van der Waals surface area contributed by atoms with Gasteiger partial charge in [-0.25, -0.2) is 10.0 Å². The van der Waals surface area contributed by atoms with Gasteiger partial charge in [0.25, 0.3) is 0 Å². The molecule has 0 aromatic heterocycles. The molecule has 0 amide bonds. The summed E-state index contributed by atoms with van der Waals surface area (Å²) >= 11 is 0. The van der Waals surface area contributed by atoms with E-state index < -0.39 is 10.0 Å². The largest absolute Gasteiger partial charge is 0.264 e. The molecular weight excluding hydrogens is 238 g/mol. The molecule has 0 bridgehead atoms. The third-order valence-corrected chi connectivity index (χ3v) is 6.04. The van der Waals surface area contributed by atoms with E-state index in [9.17, 15) is 0 Å². The van der Waals surface area contributed by atoms with Gasteiger partial charge in [-0.05, 0) is 61.0 Å². The second-order valence-electron chi connectivity index (χ2n) is 5.47. The van der Waals surface area contributed by atoms with Gasteiger partial charge >= 0.3 is 0 Å². The van der Waals surface area contributed by atoms with Gasteiger partial charge in [0.05, 0.1) is 0 Å². The predicted molar refractivity (Wildman–Crippen MR) is 88.2 cm³/mol. The fraction of sp³-hybridized carbons (Fsp3) is 0.562. The SMILES string of the molecule is CCCCS(C)(C)CCC1=C\N=C/C=C\C=C\1C. The lowest BCUT2D eigenvalue weighted by Gasteiger charge is -2.31. The number of nitrogens with zero attached hydrogens (tertiary/aromatic N) is 1. The molecule has 0 saturated carbocycles. The van der Waals surface area contributed by atoms with E-state index in [4.69, 9.17) is 0 Å². The Morgan fingerprint density at radius 3 is 2.67 bits per heavy atom. The zero-order valence-electron chi connectivity index (χ0n) is 12.3. The average Bonchev–Trinajstić information content (AvgIpc) is 2.31. The smallest absolute Gasteiger partial charge is 0.0302 e. The Bertz CT molecular complexity index is 373. The molecule has 1 rings (SSSR count). The van der Waals surface area contributed by atoms with Gasteiger partial charge in [0.15, 0.2) is 0 Å². The van der Waals surface area contributed by atoms with Crippen molar-refractivity contribution in [3.05, 3.63) is 35.6 Å². The summed E-state index contributed by atoms with van der Waals surface area (Å²) in [6, 6.07) is 0. The maximum Gasteiger partial charge on any atom is 0.0302 e. The molecular formula is C16H27NS. The van der Waals surface area contributed by atoms with Crippen molar-refractivity contribution in [1.82, 2.24) is 0 Å². The van der Waals surface area contributed by atoms with E-state index in [1.54, 1.807) is 0 Å². The molecule has 0 saturated heterocycles. The Kier molecular flexibility index (Phi) is 6.48. The Labute approximate surface area is 114 Å². The summed E-state index contributed by atoms with van der Waals surface area (Å²) < 4.78 is 0. The maximum absolute atomic E-state index is 4.32. The summed E-state index contributed by atoms with van der Waals surface area (Å²) in [4.78, 5) is 4.32. The maximum atomic E-state index is 4.32. The normalized spacial score (nSPS) is 26.2. The van der Waals surface area contributed by atoms with Crippen LogP contribution in [0.25, 0.3) is 0 Å². The van der Waals surface area contributed by atoms with E-state index in [1.807, 2.05) is 18.5 Å². The van der Waals surface area contributed by atoms with Gasteiger partial charge in [0, 0.05) is 12.4 Å². The lowest BCUT2D eigenvalue weighted by atomic mass is 10.1.